The molecule has 1 aliphatic heterocycles. The Labute approximate surface area is 171 Å². The predicted octanol–water partition coefficient (Wildman–Crippen LogP) is 3.19. The van der Waals surface area contributed by atoms with E-state index in [1.54, 1.807) is 6.20 Å². The monoisotopic (exact) mass is 389 g/mol. The molecule has 1 saturated heterocycles. The van der Waals surface area contributed by atoms with E-state index in [1.165, 1.54) is 0 Å². The van der Waals surface area contributed by atoms with Crippen molar-refractivity contribution in [2.75, 3.05) is 24.5 Å². The second kappa shape index (κ2) is 8.90. The van der Waals surface area contributed by atoms with Crippen LogP contribution < -0.4 is 10.2 Å². The van der Waals surface area contributed by atoms with E-state index in [4.69, 9.17) is 4.98 Å². The lowest BCUT2D eigenvalue weighted by molar-refractivity contribution is -0.125. The number of para-hydroxylation sites is 2. The van der Waals surface area contributed by atoms with Crippen LogP contribution in [0, 0.1) is 5.92 Å². The summed E-state index contributed by atoms with van der Waals surface area (Å²) in [5, 5.41) is 3.08. The van der Waals surface area contributed by atoms with E-state index in [1.807, 2.05) is 42.5 Å². The fraction of sp³-hybridized carbons (Fsp3) is 0.348. The number of carbonyl (C=O) groups excluding carboxylic acids is 1. The molecule has 0 aliphatic carbocycles. The van der Waals surface area contributed by atoms with Crippen molar-refractivity contribution >= 4 is 22.9 Å². The Morgan fingerprint density at radius 2 is 1.97 bits per heavy atom. The van der Waals surface area contributed by atoms with Crippen molar-refractivity contribution < 1.29 is 4.79 Å². The molecule has 3 aromatic rings. The highest BCUT2D eigenvalue weighted by molar-refractivity contribution is 5.80. The van der Waals surface area contributed by atoms with Crippen molar-refractivity contribution in [3.05, 3.63) is 67.0 Å². The van der Waals surface area contributed by atoms with Gasteiger partial charge in [-0.15, -0.1) is 6.58 Å². The lowest BCUT2D eigenvalue weighted by Gasteiger charge is -2.32. The normalized spacial score (nSPS) is 14.8. The average molecular weight is 390 g/mol. The van der Waals surface area contributed by atoms with Crippen molar-refractivity contribution in [2.45, 2.75) is 25.8 Å². The molecule has 0 saturated carbocycles. The molecule has 0 spiro atoms. The van der Waals surface area contributed by atoms with Crippen LogP contribution in [-0.2, 0) is 17.8 Å². The van der Waals surface area contributed by atoms with E-state index >= 15 is 0 Å². The third-order valence-corrected chi connectivity index (χ3v) is 5.50. The summed E-state index contributed by atoms with van der Waals surface area (Å²) in [4.78, 5) is 24.0. The van der Waals surface area contributed by atoms with Crippen LogP contribution in [0.1, 0.15) is 18.5 Å². The Balaban J connectivity index is 1.34. The van der Waals surface area contributed by atoms with Gasteiger partial charge in [0.05, 0.1) is 11.0 Å². The van der Waals surface area contributed by atoms with E-state index in [2.05, 4.69) is 32.4 Å². The molecule has 1 fully saturated rings. The van der Waals surface area contributed by atoms with Crippen LogP contribution in [0.3, 0.4) is 0 Å². The first-order valence-corrected chi connectivity index (χ1v) is 10.2. The average Bonchev–Trinajstić information content (AvgIpc) is 3.13. The summed E-state index contributed by atoms with van der Waals surface area (Å²) in [6.07, 6.45) is 6.13. The Hall–Kier alpha value is -3.15. The summed E-state index contributed by atoms with van der Waals surface area (Å²) < 4.78 is 2.20. The number of anilines is 1. The zero-order chi connectivity index (χ0) is 20.1. The minimum Gasteiger partial charge on any atom is -0.355 e. The van der Waals surface area contributed by atoms with E-state index < -0.39 is 0 Å². The third-order valence-electron chi connectivity index (χ3n) is 5.50. The third kappa shape index (κ3) is 4.31. The summed E-state index contributed by atoms with van der Waals surface area (Å²) in [5.74, 6) is 1.19. The van der Waals surface area contributed by atoms with Gasteiger partial charge in [-0.25, -0.2) is 4.98 Å². The number of allylic oxidation sites excluding steroid dienone is 1. The summed E-state index contributed by atoms with van der Waals surface area (Å²) in [6.45, 7) is 6.91. The van der Waals surface area contributed by atoms with Crippen molar-refractivity contribution in [1.29, 1.82) is 0 Å². The molecule has 0 bridgehead atoms. The molecule has 2 aromatic heterocycles. The van der Waals surface area contributed by atoms with Crippen LogP contribution in [0.15, 0.2) is 61.3 Å². The highest BCUT2D eigenvalue weighted by Gasteiger charge is 2.27. The number of rotatable bonds is 7. The van der Waals surface area contributed by atoms with Crippen LogP contribution in [0.25, 0.3) is 11.0 Å². The largest absolute Gasteiger partial charge is 0.355 e. The molecule has 1 amide bonds. The number of carbonyl (C=O) groups is 1. The molecule has 29 heavy (non-hydrogen) atoms. The molecular weight excluding hydrogens is 362 g/mol. The lowest BCUT2D eigenvalue weighted by atomic mass is 9.96. The Bertz CT molecular complexity index is 973. The van der Waals surface area contributed by atoms with Gasteiger partial charge in [-0.2, -0.15) is 0 Å². The number of piperidine rings is 1. The SMILES string of the molecule is C=CCn1c(N2CCC(C(=O)NCCc3ccccn3)CC2)nc2ccccc21. The molecule has 0 radical (unpaired) electrons. The molecule has 150 valence electrons. The standard InChI is InChI=1S/C23H27N5O/c1-2-15-28-21-9-4-3-8-20(21)26-23(28)27-16-11-18(12-17-27)22(29)25-14-10-19-7-5-6-13-24-19/h2-9,13,18H,1,10-12,14-17H2,(H,25,29). The van der Waals surface area contributed by atoms with Crippen molar-refractivity contribution in [3.63, 3.8) is 0 Å². The summed E-state index contributed by atoms with van der Waals surface area (Å²) >= 11 is 0. The fourth-order valence-corrected chi connectivity index (χ4v) is 3.96. The van der Waals surface area contributed by atoms with Crippen LogP contribution in [0.5, 0.6) is 0 Å². The van der Waals surface area contributed by atoms with Crippen LogP contribution in [0.2, 0.25) is 0 Å². The van der Waals surface area contributed by atoms with E-state index in [0.29, 0.717) is 6.54 Å². The predicted molar refractivity (Wildman–Crippen MR) is 116 cm³/mol. The topological polar surface area (TPSA) is 63.1 Å². The molecule has 1 aliphatic rings. The fourth-order valence-electron chi connectivity index (χ4n) is 3.96. The zero-order valence-electron chi connectivity index (χ0n) is 16.6. The van der Waals surface area contributed by atoms with Crippen molar-refractivity contribution in [1.82, 2.24) is 19.9 Å². The van der Waals surface area contributed by atoms with Gasteiger partial charge in [0, 0.05) is 50.4 Å². The molecule has 0 atom stereocenters. The number of nitrogens with zero attached hydrogens (tertiary/aromatic N) is 4. The number of aromatic nitrogens is 3. The smallest absolute Gasteiger partial charge is 0.223 e. The number of hydrogen-bond donors (Lipinski definition) is 1. The maximum absolute atomic E-state index is 12.6. The van der Waals surface area contributed by atoms with Crippen LogP contribution >= 0.6 is 0 Å². The maximum atomic E-state index is 12.6. The second-order valence-electron chi connectivity index (χ2n) is 7.42. The molecule has 6 heteroatoms. The minimum atomic E-state index is 0.0622. The van der Waals surface area contributed by atoms with E-state index in [9.17, 15) is 4.79 Å². The molecule has 6 nitrogen and oxygen atoms in total. The first kappa shape index (κ1) is 19.2. The number of nitrogens with one attached hydrogen (secondary N) is 1. The number of imidazole rings is 1. The number of amides is 1. The molecular formula is C23H27N5O. The van der Waals surface area contributed by atoms with Gasteiger partial charge in [0.25, 0.3) is 0 Å². The Morgan fingerprint density at radius 3 is 2.72 bits per heavy atom. The minimum absolute atomic E-state index is 0.0622. The molecule has 0 unspecified atom stereocenters. The number of benzene rings is 1. The Morgan fingerprint density at radius 1 is 1.17 bits per heavy atom. The van der Waals surface area contributed by atoms with E-state index in [-0.39, 0.29) is 11.8 Å². The number of fused-ring (bicyclic) bond motifs is 1. The van der Waals surface area contributed by atoms with Gasteiger partial charge in [0.15, 0.2) is 0 Å². The summed E-state index contributed by atoms with van der Waals surface area (Å²) in [7, 11) is 0. The highest BCUT2D eigenvalue weighted by atomic mass is 16.1. The molecule has 4 rings (SSSR count). The van der Waals surface area contributed by atoms with Crippen molar-refractivity contribution in [2.24, 2.45) is 5.92 Å². The first-order chi connectivity index (χ1) is 14.3. The molecule has 1 aromatic carbocycles. The quantitative estimate of drug-likeness (QED) is 0.631. The number of pyridine rings is 1. The van der Waals surface area contributed by atoms with Crippen molar-refractivity contribution in [3.8, 4) is 0 Å². The summed E-state index contributed by atoms with van der Waals surface area (Å²) in [6, 6.07) is 14.0. The van der Waals surface area contributed by atoms with Gasteiger partial charge in [-0.1, -0.05) is 24.3 Å². The molecule has 3 heterocycles. The van der Waals surface area contributed by atoms with E-state index in [0.717, 1.165) is 61.6 Å². The summed E-state index contributed by atoms with van der Waals surface area (Å²) in [5.41, 5.74) is 3.12. The van der Waals surface area contributed by atoms with Gasteiger partial charge in [0.1, 0.15) is 0 Å². The Kier molecular flexibility index (Phi) is 5.89. The first-order valence-electron chi connectivity index (χ1n) is 10.2. The molecule has 1 N–H and O–H groups in total. The lowest BCUT2D eigenvalue weighted by Crippen LogP contribution is -2.42. The maximum Gasteiger partial charge on any atom is 0.223 e. The van der Waals surface area contributed by atoms with Crippen LogP contribution in [0.4, 0.5) is 5.95 Å². The van der Waals surface area contributed by atoms with Crippen LogP contribution in [-0.4, -0.2) is 40.1 Å². The highest BCUT2D eigenvalue weighted by Crippen LogP contribution is 2.27. The van der Waals surface area contributed by atoms with Gasteiger partial charge < -0.3 is 14.8 Å². The number of hydrogen-bond acceptors (Lipinski definition) is 4. The van der Waals surface area contributed by atoms with Gasteiger partial charge in [-0.05, 0) is 37.1 Å². The second-order valence-corrected chi connectivity index (χ2v) is 7.42. The van der Waals surface area contributed by atoms with Gasteiger partial charge in [0.2, 0.25) is 11.9 Å². The van der Waals surface area contributed by atoms with Gasteiger partial charge in [-0.3, -0.25) is 9.78 Å². The zero-order valence-corrected chi connectivity index (χ0v) is 16.6. The van der Waals surface area contributed by atoms with Gasteiger partial charge >= 0.3 is 0 Å².